The molecule has 19 heteroatoms. The second kappa shape index (κ2) is 21.5. The van der Waals surface area contributed by atoms with E-state index in [0.717, 1.165) is 64.9 Å². The minimum atomic E-state index is -1.60. The highest BCUT2D eigenvalue weighted by Gasteiger charge is 2.73. The molecule has 2 aliphatic heterocycles. The lowest BCUT2D eigenvalue weighted by molar-refractivity contribution is -0.367. The summed E-state index contributed by atoms with van der Waals surface area (Å²) < 4.78 is 66.4. The maximum atomic E-state index is 14.1. The molecule has 5 aliphatic carbocycles. The Hall–Kier alpha value is -4.46. The smallest absolute Gasteiger partial charge is 0.320 e. The van der Waals surface area contributed by atoms with Crippen LogP contribution in [0.15, 0.2) is 12.2 Å². The van der Waals surface area contributed by atoms with Crippen molar-refractivity contribution in [2.24, 2.45) is 56.7 Å². The molecule has 0 spiro atoms. The third-order valence-corrected chi connectivity index (χ3v) is 19.3. The number of allylic oxidation sites excluding steroid dienone is 1. The minimum Gasteiger partial charge on any atom is -0.465 e. The molecule has 0 aromatic carbocycles. The van der Waals surface area contributed by atoms with Crippen LogP contribution in [-0.4, -0.2) is 122 Å². The van der Waals surface area contributed by atoms with Crippen LogP contribution < -0.4 is 0 Å². The van der Waals surface area contributed by atoms with E-state index in [1.807, 2.05) is 0 Å². The molecule has 19 nitrogen and oxygen atoms in total. The summed E-state index contributed by atoms with van der Waals surface area (Å²) in [6.45, 7) is 25.5. The molecule has 0 aromatic rings. The minimum absolute atomic E-state index is 0.000793. The van der Waals surface area contributed by atoms with Crippen molar-refractivity contribution in [1.82, 2.24) is 0 Å². The third kappa shape index (κ3) is 10.4. The second-order valence-corrected chi connectivity index (χ2v) is 23.6. The lowest BCUT2D eigenvalue weighted by Gasteiger charge is -2.73. The number of hydrogen-bond donors (Lipinski definition) is 0. The van der Waals surface area contributed by atoms with E-state index in [1.54, 1.807) is 6.92 Å². The zero-order valence-electron chi connectivity index (χ0n) is 45.6. The topological polar surface area (TPSA) is 238 Å². The average molecular weight is 1050 g/mol. The standard InChI is InChI=1S/C55H80O19/c1-27(2)36-17-22-55(50(63)72-35(10)62)24-23-53(13)37(42(36)55)15-16-40-51(11)20-19-41(52(12,26-65-29(4)56)39(51)18-21-54(40,53)14)73-48-46(44(69-32(7)59)38(25-64-48)67-30(5)57)74-49-47(71-34(9)61)45(70-33(8)60)43(28(3)66-49)68-31(6)58/h28,36-49H,1,15-26H2,2-14H3/t28-,36-,37?,38-,39?,40?,41-,42?,43-,44-,45+,46+,47+,48-,49-,51-,52-,53+,54+,55-/m0/s1. The quantitative estimate of drug-likeness (QED) is 0.0605. The summed E-state index contributed by atoms with van der Waals surface area (Å²) >= 11 is 0. The van der Waals surface area contributed by atoms with Gasteiger partial charge in [0.15, 0.2) is 49.2 Å². The van der Waals surface area contributed by atoms with E-state index in [-0.39, 0.29) is 59.0 Å². The maximum absolute atomic E-state index is 14.1. The highest BCUT2D eigenvalue weighted by molar-refractivity contribution is 5.88. The zero-order valence-corrected chi connectivity index (χ0v) is 45.6. The van der Waals surface area contributed by atoms with Crippen molar-refractivity contribution in [1.29, 1.82) is 0 Å². The summed E-state index contributed by atoms with van der Waals surface area (Å²) in [5.41, 5.74) is -1.18. The predicted molar refractivity (Wildman–Crippen MR) is 258 cm³/mol. The SMILES string of the molecule is C=C(C)[C@@H]1CC[C@]2(C(=O)OC(C)=O)CC[C@]3(C)C(CCC4[C@@]5(C)CC[C@H](O[C@@H]6OC[C@H](OC(C)=O)[C@H](OC(C)=O)[C@H]6O[C@@H]6O[C@@H](C)[C@H](OC(C)=O)[C@@H](OC(C)=O)[C@H]6OC(C)=O)[C@@](C)(COC(C)=O)C5CC[C@]43C)C12. The average Bonchev–Trinajstić information content (AvgIpc) is 3.69. The molecule has 4 unspecified atom stereocenters. The van der Waals surface area contributed by atoms with Crippen molar-refractivity contribution in [2.45, 2.75) is 216 Å². The largest absolute Gasteiger partial charge is 0.465 e. The first-order valence-electron chi connectivity index (χ1n) is 26.5. The van der Waals surface area contributed by atoms with Gasteiger partial charge in [0.2, 0.25) is 0 Å². The Kier molecular flexibility index (Phi) is 16.6. The number of ether oxygens (including phenoxy) is 11. The van der Waals surface area contributed by atoms with Crippen molar-refractivity contribution in [3.8, 4) is 0 Å². The van der Waals surface area contributed by atoms with Gasteiger partial charge in [-0.2, -0.15) is 0 Å². The van der Waals surface area contributed by atoms with Crippen LogP contribution in [0.1, 0.15) is 154 Å². The molecule has 0 bridgehead atoms. The van der Waals surface area contributed by atoms with E-state index in [1.165, 1.54) is 27.7 Å². The fourth-order valence-corrected chi connectivity index (χ4v) is 16.2. The van der Waals surface area contributed by atoms with E-state index in [9.17, 15) is 38.4 Å². The van der Waals surface area contributed by atoms with E-state index in [4.69, 9.17) is 52.1 Å². The number of hydrogen-bond acceptors (Lipinski definition) is 19. The third-order valence-electron chi connectivity index (χ3n) is 19.3. The molecule has 0 radical (unpaired) electrons. The number of esters is 8. The van der Waals surface area contributed by atoms with Gasteiger partial charge in [-0.3, -0.25) is 38.4 Å². The lowest BCUT2D eigenvalue weighted by atomic mass is 9.32. The molecule has 0 aromatic heterocycles. The van der Waals surface area contributed by atoms with Gasteiger partial charge in [0.25, 0.3) is 0 Å². The van der Waals surface area contributed by atoms with Crippen LogP contribution in [-0.2, 0) is 90.5 Å². The predicted octanol–water partition coefficient (Wildman–Crippen LogP) is 6.81. The van der Waals surface area contributed by atoms with Crippen molar-refractivity contribution in [3.63, 3.8) is 0 Å². The molecule has 20 atom stereocenters. The molecule has 2 heterocycles. The molecular formula is C55H80O19. The number of carbonyl (C=O) groups excluding carboxylic acids is 8. The van der Waals surface area contributed by atoms with Gasteiger partial charge < -0.3 is 52.1 Å². The van der Waals surface area contributed by atoms with Gasteiger partial charge in [-0.1, -0.05) is 39.8 Å². The van der Waals surface area contributed by atoms with Gasteiger partial charge in [-0.05, 0) is 124 Å². The molecule has 74 heavy (non-hydrogen) atoms. The van der Waals surface area contributed by atoms with E-state index >= 15 is 0 Å². The van der Waals surface area contributed by atoms with Crippen LogP contribution in [0.2, 0.25) is 0 Å². The summed E-state index contributed by atoms with van der Waals surface area (Å²) in [5, 5.41) is 0. The van der Waals surface area contributed by atoms with E-state index in [2.05, 4.69) is 41.2 Å². The Morgan fingerprint density at radius 1 is 0.554 bits per heavy atom. The molecule has 0 amide bonds. The highest BCUT2D eigenvalue weighted by atomic mass is 16.8. The van der Waals surface area contributed by atoms with Crippen LogP contribution >= 0.6 is 0 Å². The lowest BCUT2D eigenvalue weighted by Crippen LogP contribution is -2.68. The van der Waals surface area contributed by atoms with Gasteiger partial charge in [0.1, 0.15) is 0 Å². The first kappa shape index (κ1) is 57.2. The Morgan fingerprint density at radius 2 is 1.16 bits per heavy atom. The molecule has 7 fully saturated rings. The van der Waals surface area contributed by atoms with Crippen molar-refractivity contribution >= 4 is 47.8 Å². The summed E-state index contributed by atoms with van der Waals surface area (Å²) in [4.78, 5) is 102. The number of rotatable bonds is 13. The Labute approximate surface area is 434 Å². The Morgan fingerprint density at radius 3 is 1.76 bits per heavy atom. The number of carbonyl (C=O) groups is 8. The first-order valence-corrected chi connectivity index (χ1v) is 26.5. The fraction of sp³-hybridized carbons (Fsp3) is 0.818. The van der Waals surface area contributed by atoms with Crippen LogP contribution in [0.3, 0.4) is 0 Å². The maximum Gasteiger partial charge on any atom is 0.320 e. The second-order valence-electron chi connectivity index (χ2n) is 23.6. The van der Waals surface area contributed by atoms with Crippen LogP contribution in [0.25, 0.3) is 0 Å². The molecule has 7 aliphatic rings. The monoisotopic (exact) mass is 1040 g/mol. The number of fused-ring (bicyclic) bond motifs is 7. The fourth-order valence-electron chi connectivity index (χ4n) is 16.2. The summed E-state index contributed by atoms with van der Waals surface area (Å²) in [7, 11) is 0. The molecular weight excluding hydrogens is 965 g/mol. The molecule has 0 N–H and O–H groups in total. The van der Waals surface area contributed by atoms with Crippen molar-refractivity contribution in [2.75, 3.05) is 13.2 Å². The van der Waals surface area contributed by atoms with Gasteiger partial charge in [-0.25, -0.2) is 0 Å². The Bertz CT molecular complexity index is 2230. The van der Waals surface area contributed by atoms with Gasteiger partial charge in [0, 0.05) is 53.9 Å². The van der Waals surface area contributed by atoms with Gasteiger partial charge in [-0.15, -0.1) is 0 Å². The van der Waals surface area contributed by atoms with Crippen LogP contribution in [0.5, 0.6) is 0 Å². The van der Waals surface area contributed by atoms with Gasteiger partial charge >= 0.3 is 47.8 Å². The summed E-state index contributed by atoms with van der Waals surface area (Å²) in [6, 6.07) is 0. The Balaban J connectivity index is 1.24. The summed E-state index contributed by atoms with van der Waals surface area (Å²) in [6.07, 6.45) is -5.53. The molecule has 2 saturated heterocycles. The van der Waals surface area contributed by atoms with E-state index < -0.39 is 120 Å². The normalized spacial score (nSPS) is 43.3. The highest BCUT2D eigenvalue weighted by Crippen LogP contribution is 2.78. The molecule has 414 valence electrons. The van der Waals surface area contributed by atoms with Crippen LogP contribution in [0, 0.1) is 56.7 Å². The molecule has 7 rings (SSSR count). The van der Waals surface area contributed by atoms with Crippen molar-refractivity contribution in [3.05, 3.63) is 12.2 Å². The van der Waals surface area contributed by atoms with Crippen molar-refractivity contribution < 1.29 is 90.5 Å². The first-order chi connectivity index (χ1) is 34.5. The van der Waals surface area contributed by atoms with E-state index in [0.29, 0.717) is 25.7 Å². The summed E-state index contributed by atoms with van der Waals surface area (Å²) in [5.74, 6) is -4.79. The zero-order chi connectivity index (χ0) is 54.6. The van der Waals surface area contributed by atoms with Crippen LogP contribution in [0.4, 0.5) is 0 Å². The van der Waals surface area contributed by atoms with Gasteiger partial charge in [0.05, 0.1) is 30.8 Å². The molecule has 5 saturated carbocycles.